The summed E-state index contributed by atoms with van der Waals surface area (Å²) in [5.41, 5.74) is 3.39. The van der Waals surface area contributed by atoms with Crippen LogP contribution in [0.1, 0.15) is 0 Å². The number of aromatic nitrogens is 3. The zero-order valence-electron chi connectivity index (χ0n) is 14.9. The maximum atomic E-state index is 13.1. The zero-order valence-corrected chi connectivity index (χ0v) is 15.7. The fraction of sp³-hybridized carbons (Fsp3) is 0.0952. The van der Waals surface area contributed by atoms with Crippen LogP contribution in [0.15, 0.2) is 60.9 Å². The van der Waals surface area contributed by atoms with E-state index < -0.39 is 0 Å². The lowest BCUT2D eigenvalue weighted by Crippen LogP contribution is -2.29. The highest BCUT2D eigenvalue weighted by atomic mass is 32.1. The number of hydrogen-bond donors (Lipinski definition) is 0. The molecule has 0 spiro atoms. The van der Waals surface area contributed by atoms with Crippen LogP contribution in [-0.2, 0) is 0 Å². The van der Waals surface area contributed by atoms with Crippen molar-refractivity contribution >= 4 is 49.0 Å². The van der Waals surface area contributed by atoms with Crippen LogP contribution in [0, 0.1) is 0 Å². The average Bonchev–Trinajstić information content (AvgIpc) is 3.12. The average molecular weight is 372 g/mol. The summed E-state index contributed by atoms with van der Waals surface area (Å²) >= 11 is 1.52. The Bertz CT molecular complexity index is 1310. The Morgan fingerprint density at radius 1 is 0.889 bits per heavy atom. The van der Waals surface area contributed by atoms with Gasteiger partial charge in [0.25, 0.3) is 0 Å². The first kappa shape index (κ1) is 16.0. The van der Waals surface area contributed by atoms with Crippen LogP contribution in [0.3, 0.4) is 0 Å². The second-order valence-corrected chi connectivity index (χ2v) is 7.60. The standard InChI is InChI=1S/C21H16N4OS/c1-24(2)13-9-11-25(12-10-13)21-23-17-8-7-16-18(20(17)27-21)19(26)14-5-3-4-6-15(14)22-16/h3-12H,1-2H3. The van der Waals surface area contributed by atoms with Crippen molar-refractivity contribution in [2.24, 2.45) is 0 Å². The summed E-state index contributed by atoms with van der Waals surface area (Å²) in [7, 11) is 4.02. The number of anilines is 1. The van der Waals surface area contributed by atoms with Crippen LogP contribution in [0.5, 0.6) is 5.75 Å². The highest BCUT2D eigenvalue weighted by molar-refractivity contribution is 7.21. The Morgan fingerprint density at radius 2 is 1.63 bits per heavy atom. The second kappa shape index (κ2) is 5.89. The topological polar surface area (TPSA) is 56.0 Å². The van der Waals surface area contributed by atoms with Crippen molar-refractivity contribution < 1.29 is 9.67 Å². The molecule has 0 unspecified atom stereocenters. The molecule has 0 saturated carbocycles. The van der Waals surface area contributed by atoms with Gasteiger partial charge in [-0.1, -0.05) is 23.9 Å². The van der Waals surface area contributed by atoms with E-state index >= 15 is 0 Å². The molecule has 0 N–H and O–H groups in total. The molecule has 3 heterocycles. The quantitative estimate of drug-likeness (QED) is 0.352. The van der Waals surface area contributed by atoms with Gasteiger partial charge in [-0.3, -0.25) is 0 Å². The fourth-order valence-electron chi connectivity index (χ4n) is 3.26. The Hall–Kier alpha value is -3.25. The first-order chi connectivity index (χ1) is 13.1. The summed E-state index contributed by atoms with van der Waals surface area (Å²) in [6, 6.07) is 15.4. The largest absolute Gasteiger partial charge is 0.872 e. The summed E-state index contributed by atoms with van der Waals surface area (Å²) in [5, 5.41) is 15.2. The van der Waals surface area contributed by atoms with Crippen LogP contribution < -0.4 is 14.6 Å². The summed E-state index contributed by atoms with van der Waals surface area (Å²) in [4.78, 5) is 11.5. The predicted molar refractivity (Wildman–Crippen MR) is 108 cm³/mol. The lowest BCUT2D eigenvalue weighted by Gasteiger charge is -2.13. The summed E-state index contributed by atoms with van der Waals surface area (Å²) in [6.07, 6.45) is 3.97. The van der Waals surface area contributed by atoms with Gasteiger partial charge in [0.2, 0.25) is 0 Å². The molecule has 0 radical (unpaired) electrons. The number of para-hydroxylation sites is 1. The minimum atomic E-state index is 0.0179. The van der Waals surface area contributed by atoms with Gasteiger partial charge in [-0.2, -0.15) is 4.57 Å². The molecular weight excluding hydrogens is 356 g/mol. The number of fused-ring (bicyclic) bond motifs is 4. The minimum Gasteiger partial charge on any atom is -0.872 e. The summed E-state index contributed by atoms with van der Waals surface area (Å²) < 4.78 is 2.86. The maximum Gasteiger partial charge on any atom is 0.388 e. The first-order valence-corrected chi connectivity index (χ1v) is 9.41. The Labute approximate surface area is 159 Å². The van der Waals surface area contributed by atoms with Crippen molar-refractivity contribution in [3.8, 4) is 10.9 Å². The number of thiazole rings is 1. The van der Waals surface area contributed by atoms with Crippen molar-refractivity contribution in [3.63, 3.8) is 0 Å². The molecule has 6 heteroatoms. The Balaban J connectivity index is 1.75. The van der Waals surface area contributed by atoms with Gasteiger partial charge >= 0.3 is 5.13 Å². The lowest BCUT2D eigenvalue weighted by atomic mass is 10.1. The molecule has 2 aromatic carbocycles. The van der Waals surface area contributed by atoms with Crippen molar-refractivity contribution in [1.29, 1.82) is 0 Å². The van der Waals surface area contributed by atoms with E-state index in [0.717, 1.165) is 26.6 Å². The molecule has 5 rings (SSSR count). The van der Waals surface area contributed by atoms with E-state index in [1.807, 2.05) is 79.6 Å². The van der Waals surface area contributed by atoms with Crippen LogP contribution in [0.2, 0.25) is 0 Å². The number of rotatable bonds is 2. The molecule has 132 valence electrons. The molecule has 0 aliphatic carbocycles. The molecule has 3 aromatic heterocycles. The van der Waals surface area contributed by atoms with E-state index in [-0.39, 0.29) is 5.75 Å². The van der Waals surface area contributed by atoms with E-state index in [4.69, 9.17) is 4.98 Å². The summed E-state index contributed by atoms with van der Waals surface area (Å²) in [5.74, 6) is 0.0179. The molecule has 27 heavy (non-hydrogen) atoms. The smallest absolute Gasteiger partial charge is 0.388 e. The van der Waals surface area contributed by atoms with Crippen molar-refractivity contribution in [3.05, 3.63) is 60.9 Å². The number of benzene rings is 2. The van der Waals surface area contributed by atoms with Gasteiger partial charge in [-0.05, 0) is 39.9 Å². The summed E-state index contributed by atoms with van der Waals surface area (Å²) in [6.45, 7) is 0. The third-order valence-electron chi connectivity index (χ3n) is 4.69. The normalized spacial score (nSPS) is 11.5. The van der Waals surface area contributed by atoms with E-state index in [1.54, 1.807) is 0 Å². The third-order valence-corrected chi connectivity index (χ3v) is 5.79. The molecule has 0 amide bonds. The monoisotopic (exact) mass is 372 g/mol. The van der Waals surface area contributed by atoms with E-state index in [1.165, 1.54) is 11.3 Å². The maximum absolute atomic E-state index is 13.1. The van der Waals surface area contributed by atoms with Crippen LogP contribution in [0.4, 0.5) is 5.69 Å². The third kappa shape index (κ3) is 2.49. The van der Waals surface area contributed by atoms with Crippen LogP contribution in [0.25, 0.3) is 37.2 Å². The van der Waals surface area contributed by atoms with Gasteiger partial charge in [0.05, 0.1) is 28.1 Å². The van der Waals surface area contributed by atoms with Gasteiger partial charge in [-0.25, -0.2) is 4.98 Å². The van der Waals surface area contributed by atoms with Gasteiger partial charge in [0, 0.05) is 37.3 Å². The Kier molecular flexibility index (Phi) is 3.48. The molecule has 0 fully saturated rings. The molecule has 0 aliphatic rings. The molecule has 5 nitrogen and oxygen atoms in total. The van der Waals surface area contributed by atoms with Crippen LogP contribution in [-0.4, -0.2) is 24.1 Å². The molecule has 0 aliphatic heterocycles. The zero-order chi connectivity index (χ0) is 18.5. The van der Waals surface area contributed by atoms with Crippen molar-refractivity contribution in [2.45, 2.75) is 0 Å². The fourth-order valence-corrected chi connectivity index (χ4v) is 4.34. The van der Waals surface area contributed by atoms with E-state index in [0.29, 0.717) is 16.3 Å². The lowest BCUT2D eigenvalue weighted by molar-refractivity contribution is -0.595. The number of nitrogens with zero attached hydrogens (tertiary/aromatic N) is 4. The molecule has 0 atom stereocenters. The second-order valence-electron chi connectivity index (χ2n) is 6.62. The van der Waals surface area contributed by atoms with E-state index in [9.17, 15) is 5.11 Å². The van der Waals surface area contributed by atoms with Crippen LogP contribution >= 0.6 is 11.3 Å². The predicted octanol–water partition coefficient (Wildman–Crippen LogP) is 3.41. The van der Waals surface area contributed by atoms with Gasteiger partial charge in [0.1, 0.15) is 0 Å². The molecular formula is C21H16N4OS. The highest BCUT2D eigenvalue weighted by Gasteiger charge is 2.18. The highest BCUT2D eigenvalue weighted by Crippen LogP contribution is 2.37. The SMILES string of the molecule is CN(C)c1cc[n+](-c2nc3ccc4nc5ccccc5c([O-])c4c3s2)cc1. The van der Waals surface area contributed by atoms with Crippen molar-refractivity contribution in [2.75, 3.05) is 19.0 Å². The molecule has 0 saturated heterocycles. The minimum absolute atomic E-state index is 0.0179. The van der Waals surface area contributed by atoms with Gasteiger partial charge in [-0.15, -0.1) is 0 Å². The number of hydrogen-bond acceptors (Lipinski definition) is 5. The van der Waals surface area contributed by atoms with Gasteiger partial charge < -0.3 is 10.0 Å². The van der Waals surface area contributed by atoms with E-state index in [2.05, 4.69) is 9.88 Å². The first-order valence-electron chi connectivity index (χ1n) is 8.60. The molecule has 0 bridgehead atoms. The Morgan fingerprint density at radius 3 is 2.41 bits per heavy atom. The van der Waals surface area contributed by atoms with Gasteiger partial charge in [0.15, 0.2) is 5.52 Å². The number of pyridine rings is 2. The molecule has 5 aromatic rings. The van der Waals surface area contributed by atoms with Crippen molar-refractivity contribution in [1.82, 2.24) is 9.97 Å².